The molecule has 0 bridgehead atoms. The normalized spacial score (nSPS) is 16.4. The van der Waals surface area contributed by atoms with Crippen LogP contribution in [0.25, 0.3) is 0 Å². The van der Waals surface area contributed by atoms with Gasteiger partial charge in [0.25, 0.3) is 0 Å². The first-order valence-electron chi connectivity index (χ1n) is 9.51. The molecule has 1 aliphatic heterocycles. The number of aryl methyl sites for hydroxylation is 1. The van der Waals surface area contributed by atoms with Crippen molar-refractivity contribution in [3.63, 3.8) is 0 Å². The predicted molar refractivity (Wildman–Crippen MR) is 101 cm³/mol. The van der Waals surface area contributed by atoms with Gasteiger partial charge in [0.15, 0.2) is 11.6 Å². The summed E-state index contributed by atoms with van der Waals surface area (Å²) in [4.78, 5) is 34.1. The van der Waals surface area contributed by atoms with Gasteiger partial charge in [0.05, 0.1) is 19.7 Å². The van der Waals surface area contributed by atoms with Crippen molar-refractivity contribution in [2.75, 3.05) is 24.6 Å². The molecule has 29 heavy (non-hydrogen) atoms. The van der Waals surface area contributed by atoms with Crippen molar-refractivity contribution in [2.24, 2.45) is 5.92 Å². The number of hydrogen-bond acceptors (Lipinski definition) is 9. The second-order valence-electron chi connectivity index (χ2n) is 7.90. The average Bonchev–Trinajstić information content (AvgIpc) is 3.35. The van der Waals surface area contributed by atoms with E-state index in [-0.39, 0.29) is 11.7 Å². The van der Waals surface area contributed by atoms with Crippen LogP contribution in [0.3, 0.4) is 0 Å². The molecule has 0 aromatic carbocycles. The molecule has 10 heteroatoms. The number of nitrogens with zero attached hydrogens (tertiary/aromatic N) is 4. The Bertz CT molecular complexity index is 929. The van der Waals surface area contributed by atoms with Crippen LogP contribution in [-0.2, 0) is 10.3 Å². The van der Waals surface area contributed by atoms with Crippen molar-refractivity contribution >= 4 is 17.6 Å². The number of carbonyl (C=O) groups is 2. The molecule has 0 radical (unpaired) electrons. The van der Waals surface area contributed by atoms with Crippen LogP contribution in [0.1, 0.15) is 38.4 Å². The van der Waals surface area contributed by atoms with Gasteiger partial charge in [-0.25, -0.2) is 4.79 Å². The molecule has 2 aliphatic rings. The van der Waals surface area contributed by atoms with E-state index in [0.717, 1.165) is 18.5 Å². The number of rotatable bonds is 7. The first-order valence-corrected chi connectivity index (χ1v) is 9.51. The monoisotopic (exact) mass is 401 g/mol. The predicted octanol–water partition coefficient (Wildman–Crippen LogP) is 1.97. The second-order valence-corrected chi connectivity index (χ2v) is 7.90. The van der Waals surface area contributed by atoms with Crippen LogP contribution in [0.5, 0.6) is 11.8 Å². The highest BCUT2D eigenvalue weighted by molar-refractivity contribution is 5.96. The summed E-state index contributed by atoms with van der Waals surface area (Å²) >= 11 is 0. The maximum Gasteiger partial charge on any atom is 0.414 e. The fourth-order valence-electron chi connectivity index (χ4n) is 2.84. The smallest absolute Gasteiger partial charge is 0.414 e. The first kappa shape index (κ1) is 19.2. The van der Waals surface area contributed by atoms with Gasteiger partial charge in [-0.05, 0) is 38.7 Å². The second kappa shape index (κ2) is 7.34. The van der Waals surface area contributed by atoms with Crippen molar-refractivity contribution in [1.82, 2.24) is 20.4 Å². The molecule has 10 nitrogen and oxygen atoms in total. The average molecular weight is 401 g/mol. The molecule has 2 aromatic rings. The summed E-state index contributed by atoms with van der Waals surface area (Å²) in [5, 5.41) is 6.53. The number of anilines is 1. The van der Waals surface area contributed by atoms with Gasteiger partial charge in [-0.2, -0.15) is 9.97 Å². The van der Waals surface area contributed by atoms with Crippen molar-refractivity contribution in [2.45, 2.75) is 39.2 Å². The SMILES string of the molecule is Cc1nc(C(C)(C)NC(=O)Oc2ccc(N3CC(=O)C3)c(OCC3CC3)n2)no1. The minimum absolute atomic E-state index is 0.101. The van der Waals surface area contributed by atoms with Crippen molar-refractivity contribution in [3.8, 4) is 11.8 Å². The lowest BCUT2D eigenvalue weighted by atomic mass is 10.1. The maximum absolute atomic E-state index is 12.4. The maximum atomic E-state index is 12.4. The van der Waals surface area contributed by atoms with E-state index in [4.69, 9.17) is 14.0 Å². The molecule has 2 aromatic heterocycles. The van der Waals surface area contributed by atoms with Gasteiger partial charge in [-0.3, -0.25) is 4.79 Å². The lowest BCUT2D eigenvalue weighted by molar-refractivity contribution is -0.119. The van der Waals surface area contributed by atoms with Gasteiger partial charge < -0.3 is 24.2 Å². The Balaban J connectivity index is 1.45. The zero-order chi connectivity index (χ0) is 20.6. The molecule has 0 unspecified atom stereocenters. The third-order valence-electron chi connectivity index (χ3n) is 4.74. The van der Waals surface area contributed by atoms with Crippen LogP contribution in [-0.4, -0.2) is 46.7 Å². The minimum atomic E-state index is -0.891. The van der Waals surface area contributed by atoms with E-state index in [0.29, 0.717) is 43.2 Å². The van der Waals surface area contributed by atoms with Crippen LogP contribution in [0, 0.1) is 12.8 Å². The zero-order valence-electron chi connectivity index (χ0n) is 16.6. The molecule has 1 saturated heterocycles. The fourth-order valence-corrected chi connectivity index (χ4v) is 2.84. The largest absolute Gasteiger partial charge is 0.476 e. The Hall–Kier alpha value is -3.17. The van der Waals surface area contributed by atoms with E-state index in [1.54, 1.807) is 32.9 Å². The molecule has 4 rings (SSSR count). The number of ether oxygens (including phenoxy) is 2. The highest BCUT2D eigenvalue weighted by Gasteiger charge is 2.31. The molecule has 1 amide bonds. The first-order chi connectivity index (χ1) is 13.8. The highest BCUT2D eigenvalue weighted by atomic mass is 16.6. The summed E-state index contributed by atoms with van der Waals surface area (Å²) in [6.45, 7) is 6.37. The summed E-state index contributed by atoms with van der Waals surface area (Å²) in [7, 11) is 0. The lowest BCUT2D eigenvalue weighted by Gasteiger charge is -2.32. The summed E-state index contributed by atoms with van der Waals surface area (Å²) in [6.07, 6.45) is 1.58. The van der Waals surface area contributed by atoms with Crippen LogP contribution < -0.4 is 19.7 Å². The molecule has 1 N–H and O–H groups in total. The van der Waals surface area contributed by atoms with E-state index >= 15 is 0 Å². The Morgan fingerprint density at radius 3 is 2.69 bits per heavy atom. The van der Waals surface area contributed by atoms with E-state index in [9.17, 15) is 9.59 Å². The standard InChI is InChI=1S/C19H23N5O5/c1-11-20-17(23-29-11)19(2,3)22-18(26)28-15-7-6-14(24-8-13(25)9-24)16(21-15)27-10-12-4-5-12/h6-7,12H,4-5,8-10H2,1-3H3,(H,22,26). The summed E-state index contributed by atoms with van der Waals surface area (Å²) in [6, 6.07) is 3.32. The number of carbonyl (C=O) groups excluding carboxylic acids is 2. The third kappa shape index (κ3) is 4.47. The van der Waals surface area contributed by atoms with Gasteiger partial charge in [0.1, 0.15) is 11.2 Å². The molecule has 2 fully saturated rings. The molecule has 154 valence electrons. The van der Waals surface area contributed by atoms with Gasteiger partial charge in [0.2, 0.25) is 17.7 Å². The van der Waals surface area contributed by atoms with Gasteiger partial charge >= 0.3 is 6.09 Å². The third-order valence-corrected chi connectivity index (χ3v) is 4.74. The van der Waals surface area contributed by atoms with E-state index in [2.05, 4.69) is 20.4 Å². The van der Waals surface area contributed by atoms with Gasteiger partial charge in [0, 0.05) is 13.0 Å². The molecule has 1 saturated carbocycles. The Morgan fingerprint density at radius 2 is 2.07 bits per heavy atom. The highest BCUT2D eigenvalue weighted by Crippen LogP contribution is 2.34. The minimum Gasteiger partial charge on any atom is -0.476 e. The topological polar surface area (TPSA) is 120 Å². The van der Waals surface area contributed by atoms with Crippen molar-refractivity contribution in [1.29, 1.82) is 0 Å². The number of Topliss-reactive ketones (excluding diaryl/α,β-unsaturated/α-hetero) is 1. The van der Waals surface area contributed by atoms with Crippen LogP contribution >= 0.6 is 0 Å². The number of pyridine rings is 1. The van der Waals surface area contributed by atoms with Crippen molar-refractivity contribution in [3.05, 3.63) is 23.8 Å². The number of nitrogens with one attached hydrogen (secondary N) is 1. The lowest BCUT2D eigenvalue weighted by Crippen LogP contribution is -2.47. The Labute approximate surface area is 167 Å². The quantitative estimate of drug-likeness (QED) is 0.742. The summed E-state index contributed by atoms with van der Waals surface area (Å²) in [5.74, 6) is 1.91. The molecular weight excluding hydrogens is 378 g/mol. The molecule has 0 spiro atoms. The Morgan fingerprint density at radius 1 is 1.31 bits per heavy atom. The van der Waals surface area contributed by atoms with E-state index in [1.807, 2.05) is 4.90 Å². The molecule has 1 aliphatic carbocycles. The van der Waals surface area contributed by atoms with E-state index in [1.165, 1.54) is 0 Å². The summed E-state index contributed by atoms with van der Waals surface area (Å²) in [5.41, 5.74) is -0.168. The zero-order valence-corrected chi connectivity index (χ0v) is 16.6. The number of aromatic nitrogens is 3. The number of hydrogen-bond donors (Lipinski definition) is 1. The van der Waals surface area contributed by atoms with Crippen LogP contribution in [0.15, 0.2) is 16.7 Å². The molecular formula is C19H23N5O5. The summed E-state index contributed by atoms with van der Waals surface area (Å²) < 4.78 is 16.1. The van der Waals surface area contributed by atoms with Crippen LogP contribution in [0.4, 0.5) is 10.5 Å². The van der Waals surface area contributed by atoms with Crippen molar-refractivity contribution < 1.29 is 23.6 Å². The number of amides is 1. The molecule has 0 atom stereocenters. The van der Waals surface area contributed by atoms with Gasteiger partial charge in [-0.15, -0.1) is 0 Å². The fraction of sp³-hybridized carbons (Fsp3) is 0.526. The van der Waals surface area contributed by atoms with E-state index < -0.39 is 11.6 Å². The number of ketones is 1. The Kier molecular flexibility index (Phi) is 4.85. The van der Waals surface area contributed by atoms with Crippen LogP contribution in [0.2, 0.25) is 0 Å². The molecule has 3 heterocycles. The van der Waals surface area contributed by atoms with Gasteiger partial charge in [-0.1, -0.05) is 5.16 Å².